The molecule has 0 aliphatic carbocycles. The molecule has 0 amide bonds. The number of hydrogen-bond donors (Lipinski definition) is 1. The fourth-order valence-electron chi connectivity index (χ4n) is 3.19. The van der Waals surface area contributed by atoms with Crippen molar-refractivity contribution in [2.45, 2.75) is 65.3 Å². The van der Waals surface area contributed by atoms with Crippen molar-refractivity contribution in [2.24, 2.45) is 5.41 Å². The first kappa shape index (κ1) is 16.4. The van der Waals surface area contributed by atoms with E-state index < -0.39 is 0 Å². The van der Waals surface area contributed by atoms with Crippen LogP contribution in [-0.4, -0.2) is 19.2 Å². The highest BCUT2D eigenvalue weighted by Crippen LogP contribution is 2.39. The van der Waals surface area contributed by atoms with Crippen molar-refractivity contribution >= 4 is 0 Å². The summed E-state index contributed by atoms with van der Waals surface area (Å²) < 4.78 is 5.81. The van der Waals surface area contributed by atoms with Crippen molar-refractivity contribution in [1.29, 1.82) is 0 Å². The lowest BCUT2D eigenvalue weighted by Gasteiger charge is -2.38. The van der Waals surface area contributed by atoms with E-state index in [1.54, 1.807) is 0 Å². The molecule has 2 nitrogen and oxygen atoms in total. The molecule has 0 bridgehead atoms. The van der Waals surface area contributed by atoms with Gasteiger partial charge in [0.15, 0.2) is 0 Å². The average molecular weight is 289 g/mol. The smallest absolute Gasteiger partial charge is 0.122 e. The summed E-state index contributed by atoms with van der Waals surface area (Å²) in [5, 5.41) is 3.80. The van der Waals surface area contributed by atoms with Crippen LogP contribution in [0.3, 0.4) is 0 Å². The first-order valence-electron chi connectivity index (χ1n) is 8.53. The Balaban J connectivity index is 2.14. The summed E-state index contributed by atoms with van der Waals surface area (Å²) in [7, 11) is 0. The normalized spacial score (nSPS) is 19.7. The lowest BCUT2D eigenvalue weighted by molar-refractivity contribution is 0.190. The first-order valence-corrected chi connectivity index (χ1v) is 8.53. The van der Waals surface area contributed by atoms with Crippen LogP contribution in [0.15, 0.2) is 24.3 Å². The molecule has 118 valence electrons. The molecular formula is C19H31NO. The van der Waals surface area contributed by atoms with Gasteiger partial charge in [-0.3, -0.25) is 0 Å². The molecule has 1 heterocycles. The predicted molar refractivity (Wildman–Crippen MR) is 90.1 cm³/mol. The highest BCUT2D eigenvalue weighted by Gasteiger charge is 2.32. The first-order chi connectivity index (χ1) is 10.1. The van der Waals surface area contributed by atoms with E-state index in [-0.39, 0.29) is 0 Å². The van der Waals surface area contributed by atoms with Gasteiger partial charge in [-0.25, -0.2) is 0 Å². The molecule has 1 aliphatic heterocycles. The minimum Gasteiger partial charge on any atom is -0.493 e. The van der Waals surface area contributed by atoms with Gasteiger partial charge in [-0.1, -0.05) is 45.9 Å². The SMILES string of the molecule is CCCNC(CC1CCOc2ccccc21)C(C)(C)CC. The van der Waals surface area contributed by atoms with Gasteiger partial charge in [0, 0.05) is 6.04 Å². The molecule has 1 aromatic rings. The van der Waals surface area contributed by atoms with E-state index in [0.29, 0.717) is 17.4 Å². The van der Waals surface area contributed by atoms with Gasteiger partial charge in [-0.05, 0) is 55.2 Å². The van der Waals surface area contributed by atoms with Crippen LogP contribution in [0.4, 0.5) is 0 Å². The molecule has 2 heteroatoms. The van der Waals surface area contributed by atoms with E-state index in [0.717, 1.165) is 25.3 Å². The van der Waals surface area contributed by atoms with Gasteiger partial charge < -0.3 is 10.1 Å². The molecule has 2 unspecified atom stereocenters. The Kier molecular flexibility index (Phi) is 5.69. The highest BCUT2D eigenvalue weighted by molar-refractivity contribution is 5.37. The van der Waals surface area contributed by atoms with Crippen molar-refractivity contribution < 1.29 is 4.74 Å². The summed E-state index contributed by atoms with van der Waals surface area (Å²) in [6, 6.07) is 9.14. The van der Waals surface area contributed by atoms with Crippen molar-refractivity contribution in [2.75, 3.05) is 13.2 Å². The summed E-state index contributed by atoms with van der Waals surface area (Å²) in [5.41, 5.74) is 1.74. The Morgan fingerprint density at radius 3 is 2.76 bits per heavy atom. The van der Waals surface area contributed by atoms with Gasteiger partial charge in [0.25, 0.3) is 0 Å². The second-order valence-electron chi connectivity index (χ2n) is 6.96. The molecule has 0 radical (unpaired) electrons. The Hall–Kier alpha value is -1.02. The average Bonchev–Trinajstić information content (AvgIpc) is 2.51. The topological polar surface area (TPSA) is 21.3 Å². The molecule has 21 heavy (non-hydrogen) atoms. The maximum atomic E-state index is 5.81. The fraction of sp³-hybridized carbons (Fsp3) is 0.684. The fourth-order valence-corrected chi connectivity index (χ4v) is 3.19. The summed E-state index contributed by atoms with van der Waals surface area (Å²) in [6.07, 6.45) is 4.75. The van der Waals surface area contributed by atoms with Crippen LogP contribution in [-0.2, 0) is 0 Å². The van der Waals surface area contributed by atoms with E-state index in [2.05, 4.69) is 57.3 Å². The largest absolute Gasteiger partial charge is 0.493 e. The van der Waals surface area contributed by atoms with Gasteiger partial charge in [-0.2, -0.15) is 0 Å². The van der Waals surface area contributed by atoms with Gasteiger partial charge in [0.1, 0.15) is 5.75 Å². The molecule has 1 aliphatic rings. The molecule has 2 atom stereocenters. The number of ether oxygens (including phenoxy) is 1. The van der Waals surface area contributed by atoms with Crippen LogP contribution < -0.4 is 10.1 Å². The lowest BCUT2D eigenvalue weighted by atomic mass is 9.75. The highest BCUT2D eigenvalue weighted by atomic mass is 16.5. The van der Waals surface area contributed by atoms with E-state index in [1.807, 2.05) is 0 Å². The van der Waals surface area contributed by atoms with E-state index in [4.69, 9.17) is 4.74 Å². The minimum atomic E-state index is 0.336. The molecule has 0 saturated heterocycles. The van der Waals surface area contributed by atoms with E-state index in [1.165, 1.54) is 24.8 Å². The molecule has 1 N–H and O–H groups in total. The second-order valence-corrected chi connectivity index (χ2v) is 6.96. The summed E-state index contributed by atoms with van der Waals surface area (Å²) in [6.45, 7) is 11.3. The minimum absolute atomic E-state index is 0.336. The van der Waals surface area contributed by atoms with Crippen LogP contribution >= 0.6 is 0 Å². The lowest BCUT2D eigenvalue weighted by Crippen LogP contribution is -2.43. The second kappa shape index (κ2) is 7.31. The third-order valence-corrected chi connectivity index (χ3v) is 5.10. The van der Waals surface area contributed by atoms with Crippen LogP contribution in [0, 0.1) is 5.41 Å². The van der Waals surface area contributed by atoms with Crippen molar-refractivity contribution in [1.82, 2.24) is 5.32 Å². The molecule has 0 fully saturated rings. The number of fused-ring (bicyclic) bond motifs is 1. The molecule has 1 aromatic carbocycles. The van der Waals surface area contributed by atoms with Crippen LogP contribution in [0.1, 0.15) is 64.9 Å². The Bertz CT molecular complexity index is 441. The maximum absolute atomic E-state index is 5.81. The third-order valence-electron chi connectivity index (χ3n) is 5.10. The van der Waals surface area contributed by atoms with E-state index >= 15 is 0 Å². The van der Waals surface area contributed by atoms with Crippen molar-refractivity contribution in [3.05, 3.63) is 29.8 Å². The molecule has 0 saturated carbocycles. The number of nitrogens with one attached hydrogen (secondary N) is 1. The zero-order chi connectivity index (χ0) is 15.3. The van der Waals surface area contributed by atoms with Gasteiger partial charge >= 0.3 is 0 Å². The zero-order valence-electron chi connectivity index (χ0n) is 14.1. The molecule has 2 rings (SSSR count). The number of para-hydroxylation sites is 1. The zero-order valence-corrected chi connectivity index (χ0v) is 14.1. The Labute approximate surface area is 130 Å². The van der Waals surface area contributed by atoms with Gasteiger partial charge in [0.2, 0.25) is 0 Å². The van der Waals surface area contributed by atoms with Crippen molar-refractivity contribution in [3.8, 4) is 5.75 Å². The van der Waals surface area contributed by atoms with Gasteiger partial charge in [0.05, 0.1) is 6.61 Å². The summed E-state index contributed by atoms with van der Waals surface area (Å²) >= 11 is 0. The summed E-state index contributed by atoms with van der Waals surface area (Å²) in [5.74, 6) is 1.72. The Morgan fingerprint density at radius 2 is 2.05 bits per heavy atom. The number of hydrogen-bond acceptors (Lipinski definition) is 2. The number of benzene rings is 1. The standard InChI is InChI=1S/C19H31NO/c1-5-12-20-18(19(3,4)6-2)14-15-11-13-21-17-10-8-7-9-16(15)17/h7-10,15,18,20H,5-6,11-14H2,1-4H3. The maximum Gasteiger partial charge on any atom is 0.122 e. The van der Waals surface area contributed by atoms with E-state index in [9.17, 15) is 0 Å². The third kappa shape index (κ3) is 4.00. The van der Waals surface area contributed by atoms with Crippen molar-refractivity contribution in [3.63, 3.8) is 0 Å². The quantitative estimate of drug-likeness (QED) is 0.782. The van der Waals surface area contributed by atoms with Crippen LogP contribution in [0.5, 0.6) is 5.75 Å². The molecule has 0 spiro atoms. The number of rotatable bonds is 7. The monoisotopic (exact) mass is 289 g/mol. The van der Waals surface area contributed by atoms with Crippen LogP contribution in [0.2, 0.25) is 0 Å². The molecular weight excluding hydrogens is 258 g/mol. The van der Waals surface area contributed by atoms with Crippen LogP contribution in [0.25, 0.3) is 0 Å². The molecule has 0 aromatic heterocycles. The summed E-state index contributed by atoms with van der Waals surface area (Å²) in [4.78, 5) is 0. The Morgan fingerprint density at radius 1 is 1.29 bits per heavy atom. The van der Waals surface area contributed by atoms with Gasteiger partial charge in [-0.15, -0.1) is 0 Å². The predicted octanol–water partition coefficient (Wildman–Crippen LogP) is 4.75.